The van der Waals surface area contributed by atoms with Gasteiger partial charge < -0.3 is 20.4 Å². The Hall–Kier alpha value is -3.06. The molecule has 0 saturated carbocycles. The normalized spacial score (nSPS) is 15.7. The number of nitrogens with one attached hydrogen (secondary N) is 1. The zero-order chi connectivity index (χ0) is 20.6. The van der Waals surface area contributed by atoms with Gasteiger partial charge in [0.1, 0.15) is 12.3 Å². The van der Waals surface area contributed by atoms with Crippen LogP contribution in [0.15, 0.2) is 54.6 Å². The Kier molecular flexibility index (Phi) is 7.08. The van der Waals surface area contributed by atoms with E-state index in [4.69, 9.17) is 5.11 Å². The van der Waals surface area contributed by atoms with E-state index in [1.807, 2.05) is 42.5 Å². The summed E-state index contributed by atoms with van der Waals surface area (Å²) in [5, 5.41) is 21.4. The number of aromatic hydroxyl groups is 1. The minimum absolute atomic E-state index is 0.237. The van der Waals surface area contributed by atoms with E-state index < -0.39 is 5.97 Å². The second kappa shape index (κ2) is 9.93. The summed E-state index contributed by atoms with van der Waals surface area (Å²) >= 11 is 0. The van der Waals surface area contributed by atoms with Gasteiger partial charge in [0.05, 0.1) is 11.6 Å². The Morgan fingerprint density at radius 2 is 1.62 bits per heavy atom. The third-order valence-electron chi connectivity index (χ3n) is 5.18. The Morgan fingerprint density at radius 1 is 0.966 bits per heavy atom. The Morgan fingerprint density at radius 3 is 2.28 bits per heavy atom. The first-order valence-corrected chi connectivity index (χ1v) is 9.81. The second-order valence-electron chi connectivity index (χ2n) is 7.27. The molecule has 7 heteroatoms. The van der Waals surface area contributed by atoms with E-state index >= 15 is 0 Å². The summed E-state index contributed by atoms with van der Waals surface area (Å²) in [6.45, 7) is 3.25. The smallest absolute Gasteiger partial charge is 0.322 e. The van der Waals surface area contributed by atoms with Gasteiger partial charge in [0, 0.05) is 32.7 Å². The molecule has 1 heterocycles. The average Bonchev–Trinajstić information content (AvgIpc) is 2.73. The molecule has 0 bridgehead atoms. The molecule has 1 unspecified atom stereocenters. The topological polar surface area (TPSA) is 93.1 Å². The van der Waals surface area contributed by atoms with Crippen LogP contribution < -0.4 is 10.2 Å². The van der Waals surface area contributed by atoms with Crippen LogP contribution in [0.2, 0.25) is 0 Å². The van der Waals surface area contributed by atoms with Crippen molar-refractivity contribution in [3.63, 3.8) is 0 Å². The summed E-state index contributed by atoms with van der Waals surface area (Å²) in [4.78, 5) is 27.8. The first-order chi connectivity index (χ1) is 14.0. The zero-order valence-corrected chi connectivity index (χ0v) is 16.3. The molecule has 0 aromatic heterocycles. The zero-order valence-electron chi connectivity index (χ0n) is 16.3. The summed E-state index contributed by atoms with van der Waals surface area (Å²) in [5.41, 5.74) is 1.88. The standard InChI is InChI=1S/C22H27N3O4/c26-20-9-5-4-8-19(20)25-12-10-24(11-13-25)16-18(22(29)23-15-21(27)28)14-17-6-2-1-3-7-17/h1-9,18,26H,10-16H2,(H,23,29)(H,27,28). The maximum Gasteiger partial charge on any atom is 0.322 e. The lowest BCUT2D eigenvalue weighted by molar-refractivity contribution is -0.138. The third-order valence-corrected chi connectivity index (χ3v) is 5.18. The summed E-state index contributed by atoms with van der Waals surface area (Å²) in [6, 6.07) is 17.1. The van der Waals surface area contributed by atoms with Crippen molar-refractivity contribution in [1.82, 2.24) is 10.2 Å². The van der Waals surface area contributed by atoms with E-state index in [1.165, 1.54) is 0 Å². The van der Waals surface area contributed by atoms with Crippen molar-refractivity contribution in [3.05, 3.63) is 60.2 Å². The van der Waals surface area contributed by atoms with Gasteiger partial charge >= 0.3 is 5.97 Å². The molecule has 1 fully saturated rings. The molecule has 1 atom stereocenters. The minimum atomic E-state index is -1.05. The van der Waals surface area contributed by atoms with Gasteiger partial charge in [-0.2, -0.15) is 0 Å². The number of carbonyl (C=O) groups is 2. The van der Waals surface area contributed by atoms with Gasteiger partial charge in [-0.1, -0.05) is 42.5 Å². The Balaban J connectivity index is 1.61. The van der Waals surface area contributed by atoms with Crippen LogP contribution in [0.5, 0.6) is 5.75 Å². The van der Waals surface area contributed by atoms with Crippen molar-refractivity contribution in [2.24, 2.45) is 5.92 Å². The molecular weight excluding hydrogens is 370 g/mol. The molecular formula is C22H27N3O4. The number of benzene rings is 2. The number of rotatable bonds is 8. The van der Waals surface area contributed by atoms with E-state index in [1.54, 1.807) is 12.1 Å². The van der Waals surface area contributed by atoms with Crippen molar-refractivity contribution in [2.75, 3.05) is 44.2 Å². The second-order valence-corrected chi connectivity index (χ2v) is 7.27. The van der Waals surface area contributed by atoms with E-state index in [0.717, 1.165) is 37.4 Å². The predicted molar refractivity (Wildman–Crippen MR) is 111 cm³/mol. The number of aliphatic carboxylic acids is 1. The third kappa shape index (κ3) is 5.96. The summed E-state index contributed by atoms with van der Waals surface area (Å²) < 4.78 is 0. The van der Waals surface area contributed by atoms with E-state index in [9.17, 15) is 14.7 Å². The number of phenols is 1. The van der Waals surface area contributed by atoms with Crippen molar-refractivity contribution in [1.29, 1.82) is 0 Å². The fourth-order valence-corrected chi connectivity index (χ4v) is 3.66. The van der Waals surface area contributed by atoms with Gasteiger partial charge in [0.15, 0.2) is 0 Å². The summed E-state index contributed by atoms with van der Waals surface area (Å²) in [7, 11) is 0. The van der Waals surface area contributed by atoms with E-state index in [-0.39, 0.29) is 24.1 Å². The first kappa shape index (κ1) is 20.7. The maximum absolute atomic E-state index is 12.6. The van der Waals surface area contributed by atoms with E-state index in [0.29, 0.717) is 13.0 Å². The van der Waals surface area contributed by atoms with Gasteiger partial charge in [0.25, 0.3) is 0 Å². The number of carbonyl (C=O) groups excluding carboxylic acids is 1. The Bertz CT molecular complexity index is 820. The highest BCUT2D eigenvalue weighted by atomic mass is 16.4. The monoisotopic (exact) mass is 397 g/mol. The molecule has 154 valence electrons. The van der Waals surface area contributed by atoms with Gasteiger partial charge in [-0.05, 0) is 24.1 Å². The highest BCUT2D eigenvalue weighted by molar-refractivity contribution is 5.83. The maximum atomic E-state index is 12.6. The van der Waals surface area contributed by atoms with Crippen LogP contribution in [-0.4, -0.2) is 66.3 Å². The van der Waals surface area contributed by atoms with Crippen LogP contribution in [0.3, 0.4) is 0 Å². The fourth-order valence-electron chi connectivity index (χ4n) is 3.66. The molecule has 0 aliphatic carbocycles. The van der Waals surface area contributed by atoms with Crippen molar-refractivity contribution >= 4 is 17.6 Å². The molecule has 29 heavy (non-hydrogen) atoms. The highest BCUT2D eigenvalue weighted by Gasteiger charge is 2.26. The van der Waals surface area contributed by atoms with Crippen molar-refractivity contribution in [3.8, 4) is 5.75 Å². The molecule has 0 spiro atoms. The number of carboxylic acid groups (broad SMARTS) is 1. The molecule has 1 saturated heterocycles. The van der Waals surface area contributed by atoms with Gasteiger partial charge in [-0.25, -0.2) is 0 Å². The van der Waals surface area contributed by atoms with E-state index in [2.05, 4.69) is 15.1 Å². The van der Waals surface area contributed by atoms with Crippen molar-refractivity contribution in [2.45, 2.75) is 6.42 Å². The van der Waals surface area contributed by atoms with Gasteiger partial charge in [-0.3, -0.25) is 14.5 Å². The van der Waals surface area contributed by atoms with Crippen molar-refractivity contribution < 1.29 is 19.8 Å². The predicted octanol–water partition coefficient (Wildman–Crippen LogP) is 1.57. The lowest BCUT2D eigenvalue weighted by atomic mass is 9.97. The molecule has 7 nitrogen and oxygen atoms in total. The molecule has 0 radical (unpaired) electrons. The number of phenolic OH excluding ortho intramolecular Hbond substituents is 1. The lowest BCUT2D eigenvalue weighted by Crippen LogP contribution is -2.50. The minimum Gasteiger partial charge on any atom is -0.506 e. The average molecular weight is 397 g/mol. The molecule has 2 aromatic carbocycles. The number of para-hydroxylation sites is 2. The number of anilines is 1. The SMILES string of the molecule is O=C(O)CNC(=O)C(Cc1ccccc1)CN1CCN(c2ccccc2O)CC1. The Labute approximate surface area is 170 Å². The lowest BCUT2D eigenvalue weighted by Gasteiger charge is -2.37. The quantitative estimate of drug-likeness (QED) is 0.626. The molecule has 3 rings (SSSR count). The molecule has 3 N–H and O–H groups in total. The molecule has 2 aromatic rings. The number of nitrogens with zero attached hydrogens (tertiary/aromatic N) is 2. The van der Waals surface area contributed by atoms with Crippen LogP contribution >= 0.6 is 0 Å². The molecule has 1 aliphatic rings. The fraction of sp³-hybridized carbons (Fsp3) is 0.364. The van der Waals surface area contributed by atoms with Crippen LogP contribution in [0.4, 0.5) is 5.69 Å². The number of hydrogen-bond donors (Lipinski definition) is 3. The largest absolute Gasteiger partial charge is 0.506 e. The molecule has 1 aliphatic heterocycles. The molecule has 1 amide bonds. The van der Waals surface area contributed by atoms with Gasteiger partial charge in [0.2, 0.25) is 5.91 Å². The van der Waals surface area contributed by atoms with Crippen LogP contribution in [0.1, 0.15) is 5.56 Å². The number of piperazine rings is 1. The first-order valence-electron chi connectivity index (χ1n) is 9.81. The number of hydrogen-bond acceptors (Lipinski definition) is 5. The van der Waals surface area contributed by atoms with Crippen LogP contribution in [0.25, 0.3) is 0 Å². The number of carboxylic acids is 1. The van der Waals surface area contributed by atoms with Crippen LogP contribution in [-0.2, 0) is 16.0 Å². The summed E-state index contributed by atoms with van der Waals surface area (Å²) in [6.07, 6.45) is 0.561. The number of amides is 1. The highest BCUT2D eigenvalue weighted by Crippen LogP contribution is 2.27. The summed E-state index contributed by atoms with van der Waals surface area (Å²) in [5.74, 6) is -1.34. The van der Waals surface area contributed by atoms with Crippen LogP contribution in [0, 0.1) is 5.92 Å². The van der Waals surface area contributed by atoms with Gasteiger partial charge in [-0.15, -0.1) is 0 Å².